The Kier molecular flexibility index (Phi) is 5.92. The molecule has 0 radical (unpaired) electrons. The molecule has 2 aliphatic heterocycles. The van der Waals surface area contributed by atoms with Gasteiger partial charge < -0.3 is 15.1 Å². The summed E-state index contributed by atoms with van der Waals surface area (Å²) in [5, 5.41) is 28.0. The first-order valence-corrected chi connectivity index (χ1v) is 14.3. The minimum Gasteiger partial charge on any atom is -0.506 e. The normalized spacial score (nSPS) is 31.7. The molecule has 34 heavy (non-hydrogen) atoms. The number of aromatic hydroxyl groups is 1. The molecule has 3 fully saturated rings. The van der Waals surface area contributed by atoms with E-state index in [1.54, 1.807) is 0 Å². The van der Waals surface area contributed by atoms with Crippen LogP contribution in [0.5, 0.6) is 5.75 Å². The average Bonchev–Trinajstić information content (AvgIpc) is 3.55. The molecular weight excluding hydrogens is 560 g/mol. The van der Waals surface area contributed by atoms with Crippen LogP contribution in [0.3, 0.4) is 0 Å². The number of phenolic OH excluding ortho intramolecular Hbond substituents is 1. The van der Waals surface area contributed by atoms with E-state index >= 15 is 0 Å². The maximum absolute atomic E-state index is 12.7. The number of piperidine rings is 1. The quantitative estimate of drug-likeness (QED) is 0.543. The van der Waals surface area contributed by atoms with E-state index in [1.807, 2.05) is 10.9 Å². The Morgan fingerprint density at radius 1 is 1.12 bits per heavy atom. The summed E-state index contributed by atoms with van der Waals surface area (Å²) in [7, 11) is 0. The third-order valence-corrected chi connectivity index (χ3v) is 10.5. The maximum atomic E-state index is 12.7. The molecule has 184 valence electrons. The predicted octanol–water partition coefficient (Wildman–Crippen LogP) is 4.23. The summed E-state index contributed by atoms with van der Waals surface area (Å²) in [6.45, 7) is 7.85. The summed E-state index contributed by atoms with van der Waals surface area (Å²) in [4.78, 5) is 5.12. The van der Waals surface area contributed by atoms with Gasteiger partial charge in [-0.1, -0.05) is 0 Å². The van der Waals surface area contributed by atoms with E-state index in [1.165, 1.54) is 24.0 Å². The zero-order valence-electron chi connectivity index (χ0n) is 19.8. The molecule has 6 rings (SSSR count). The number of rotatable bonds is 5. The van der Waals surface area contributed by atoms with E-state index in [0.29, 0.717) is 0 Å². The van der Waals surface area contributed by atoms with Crippen molar-refractivity contribution in [2.24, 2.45) is 5.92 Å². The van der Waals surface area contributed by atoms with Gasteiger partial charge in [-0.3, -0.25) is 9.58 Å². The van der Waals surface area contributed by atoms with Crippen molar-refractivity contribution in [3.8, 4) is 5.75 Å². The number of hydrogen-bond donors (Lipinski definition) is 2. The van der Waals surface area contributed by atoms with Crippen molar-refractivity contribution in [2.75, 3.05) is 32.7 Å². The molecule has 0 amide bonds. The zero-order chi connectivity index (χ0) is 23.7. The van der Waals surface area contributed by atoms with Crippen LogP contribution in [0.1, 0.15) is 48.8 Å². The zero-order valence-corrected chi connectivity index (χ0v) is 23.0. The number of aromatic nitrogens is 2. The molecule has 0 spiro atoms. The van der Waals surface area contributed by atoms with Crippen LogP contribution in [0.15, 0.2) is 27.4 Å². The van der Waals surface area contributed by atoms with Gasteiger partial charge >= 0.3 is 0 Å². The van der Waals surface area contributed by atoms with Crippen molar-refractivity contribution in [3.05, 3.63) is 44.1 Å². The highest BCUT2D eigenvalue weighted by atomic mass is 79.9. The first-order valence-electron chi connectivity index (χ1n) is 12.7. The minimum atomic E-state index is -0.799. The van der Waals surface area contributed by atoms with Crippen molar-refractivity contribution < 1.29 is 10.2 Å². The Morgan fingerprint density at radius 3 is 2.62 bits per heavy atom. The first-order chi connectivity index (χ1) is 16.3. The molecule has 1 aromatic carbocycles. The summed E-state index contributed by atoms with van der Waals surface area (Å²) in [5.74, 6) is 1.06. The molecule has 6 nitrogen and oxygen atoms in total. The molecule has 4 aliphatic rings. The molecule has 3 atom stereocenters. The molecule has 1 saturated carbocycles. The lowest BCUT2D eigenvalue weighted by Crippen LogP contribution is -2.71. The number of phenols is 1. The fourth-order valence-corrected chi connectivity index (χ4v) is 8.67. The third-order valence-electron chi connectivity index (χ3n) is 9.08. The number of hydrogen-bond acceptors (Lipinski definition) is 5. The van der Waals surface area contributed by atoms with Gasteiger partial charge in [-0.15, -0.1) is 0 Å². The number of halogens is 2. The van der Waals surface area contributed by atoms with Crippen molar-refractivity contribution in [1.29, 1.82) is 0 Å². The van der Waals surface area contributed by atoms with E-state index in [-0.39, 0.29) is 17.2 Å². The van der Waals surface area contributed by atoms with Crippen LogP contribution in [0, 0.1) is 12.8 Å². The maximum Gasteiger partial charge on any atom is 0.144 e. The fourth-order valence-electron chi connectivity index (χ4n) is 7.08. The van der Waals surface area contributed by atoms with Crippen LogP contribution in [-0.4, -0.2) is 74.2 Å². The van der Waals surface area contributed by atoms with E-state index in [0.717, 1.165) is 85.4 Å². The molecule has 1 aromatic heterocycles. The van der Waals surface area contributed by atoms with Crippen molar-refractivity contribution in [3.63, 3.8) is 0 Å². The number of aliphatic hydroxyl groups is 1. The van der Waals surface area contributed by atoms with Gasteiger partial charge in [0, 0.05) is 37.3 Å². The molecular formula is C26H34Br2N4O2. The van der Waals surface area contributed by atoms with E-state index < -0.39 is 5.60 Å². The first kappa shape index (κ1) is 23.5. The van der Waals surface area contributed by atoms with Crippen molar-refractivity contribution >= 4 is 31.9 Å². The van der Waals surface area contributed by atoms with Gasteiger partial charge in [0.2, 0.25) is 0 Å². The topological polar surface area (TPSA) is 64.8 Å². The predicted molar refractivity (Wildman–Crippen MR) is 139 cm³/mol. The minimum absolute atomic E-state index is 0.131. The number of benzene rings is 1. The molecule has 2 bridgehead atoms. The largest absolute Gasteiger partial charge is 0.506 e. The number of likely N-dealkylation sites (tertiary alicyclic amines) is 2. The summed E-state index contributed by atoms with van der Waals surface area (Å²) in [6.07, 6.45) is 10.1. The van der Waals surface area contributed by atoms with Crippen LogP contribution < -0.4 is 0 Å². The van der Waals surface area contributed by atoms with Crippen LogP contribution in [-0.2, 0) is 18.4 Å². The Balaban J connectivity index is 1.36. The van der Waals surface area contributed by atoms with Gasteiger partial charge in [0.05, 0.1) is 27.3 Å². The van der Waals surface area contributed by atoms with Crippen molar-refractivity contribution in [2.45, 2.75) is 69.1 Å². The van der Waals surface area contributed by atoms with Gasteiger partial charge in [-0.05, 0) is 119 Å². The highest BCUT2D eigenvalue weighted by Crippen LogP contribution is 2.59. The van der Waals surface area contributed by atoms with E-state index in [4.69, 9.17) is 0 Å². The lowest BCUT2D eigenvalue weighted by atomic mass is 9.52. The van der Waals surface area contributed by atoms with Gasteiger partial charge in [-0.2, -0.15) is 5.10 Å². The SMILES string of the molecule is Cc1cnn(CCN2CCC34CCN(CC5CC5)C(Cc5cc(Br)c(O)c(Br)c53)C4(O)CC2)c1. The second-order valence-corrected chi connectivity index (χ2v) is 12.7. The lowest BCUT2D eigenvalue weighted by molar-refractivity contribution is -0.149. The number of nitrogens with zero attached hydrogens (tertiary/aromatic N) is 4. The van der Waals surface area contributed by atoms with Crippen LogP contribution in [0.25, 0.3) is 0 Å². The van der Waals surface area contributed by atoms with Crippen LogP contribution in [0.4, 0.5) is 0 Å². The van der Waals surface area contributed by atoms with Crippen molar-refractivity contribution in [1.82, 2.24) is 19.6 Å². The second-order valence-electron chi connectivity index (χ2n) is 11.1. The second kappa shape index (κ2) is 8.58. The Bertz CT molecular complexity index is 1100. The summed E-state index contributed by atoms with van der Waals surface area (Å²) in [6, 6.07) is 2.24. The van der Waals surface area contributed by atoms with Gasteiger partial charge in [-0.25, -0.2) is 0 Å². The standard InChI is InChI=1S/C26H34Br2N4O2/c1-17-14-29-32(15-17)11-10-30-7-4-25-5-9-31(16-18-2-3-18)21(26(25,34)6-8-30)13-19-12-20(27)24(33)23(28)22(19)25/h12,14-15,18,21,33-34H,2-11,13,16H2,1H3. The number of fused-ring (bicyclic) bond motifs is 1. The summed E-state index contributed by atoms with van der Waals surface area (Å²) >= 11 is 7.33. The Hall–Kier alpha value is -0.930. The van der Waals surface area contributed by atoms with Gasteiger partial charge in [0.1, 0.15) is 5.75 Å². The molecule has 2 aliphatic carbocycles. The smallest absolute Gasteiger partial charge is 0.144 e. The fraction of sp³-hybridized carbons (Fsp3) is 0.654. The van der Waals surface area contributed by atoms with Crippen LogP contribution in [0.2, 0.25) is 0 Å². The molecule has 2 saturated heterocycles. The lowest BCUT2D eigenvalue weighted by Gasteiger charge is -2.62. The van der Waals surface area contributed by atoms with Gasteiger partial charge in [0.15, 0.2) is 0 Å². The Labute approximate surface area is 218 Å². The monoisotopic (exact) mass is 592 g/mol. The molecule has 2 N–H and O–H groups in total. The summed E-state index contributed by atoms with van der Waals surface area (Å²) < 4.78 is 3.53. The van der Waals surface area contributed by atoms with Gasteiger partial charge in [0.25, 0.3) is 0 Å². The number of aryl methyl sites for hydroxylation is 1. The molecule has 8 heteroatoms. The highest BCUT2D eigenvalue weighted by molar-refractivity contribution is 9.11. The Morgan fingerprint density at radius 2 is 1.88 bits per heavy atom. The molecule has 3 heterocycles. The highest BCUT2D eigenvalue weighted by Gasteiger charge is 2.64. The van der Waals surface area contributed by atoms with E-state index in [2.05, 4.69) is 65.9 Å². The summed E-state index contributed by atoms with van der Waals surface area (Å²) in [5.41, 5.74) is 2.47. The van der Waals surface area contributed by atoms with Crippen LogP contribution >= 0.6 is 31.9 Å². The molecule has 2 aromatic rings. The van der Waals surface area contributed by atoms with E-state index in [9.17, 15) is 10.2 Å². The third kappa shape index (κ3) is 3.71. The average molecular weight is 594 g/mol. The molecule has 3 unspecified atom stereocenters.